The van der Waals surface area contributed by atoms with Crippen LogP contribution in [0.25, 0.3) is 0 Å². The Hall–Kier alpha value is -1.43. The van der Waals surface area contributed by atoms with Crippen molar-refractivity contribution < 1.29 is 14.0 Å². The molecule has 1 aromatic carbocycles. The number of amides is 2. The van der Waals surface area contributed by atoms with Crippen LogP contribution in [0.3, 0.4) is 0 Å². The van der Waals surface area contributed by atoms with Crippen LogP contribution >= 0.6 is 15.9 Å². The molecule has 4 nitrogen and oxygen atoms in total. The molecule has 6 heteroatoms. The van der Waals surface area contributed by atoms with Gasteiger partial charge in [-0.25, -0.2) is 4.39 Å². The normalized spacial score (nSPS) is 9.82. The Morgan fingerprint density at radius 3 is 2.71 bits per heavy atom. The van der Waals surface area contributed by atoms with Gasteiger partial charge in [0.2, 0.25) is 5.91 Å². The molecule has 0 aliphatic heterocycles. The summed E-state index contributed by atoms with van der Waals surface area (Å²) in [5.74, 6) is -0.910. The van der Waals surface area contributed by atoms with Crippen molar-refractivity contribution in [1.29, 1.82) is 0 Å². The zero-order valence-electron chi connectivity index (χ0n) is 9.22. The molecule has 0 fully saturated rings. The lowest BCUT2D eigenvalue weighted by molar-refractivity contribution is -0.120. The molecule has 0 heterocycles. The van der Waals surface area contributed by atoms with Crippen LogP contribution in [0.15, 0.2) is 22.7 Å². The van der Waals surface area contributed by atoms with Gasteiger partial charge in [-0.15, -0.1) is 0 Å². The minimum Gasteiger partial charge on any atom is -0.359 e. The van der Waals surface area contributed by atoms with Gasteiger partial charge < -0.3 is 10.6 Å². The number of carbonyl (C=O) groups is 2. The number of benzene rings is 1. The summed E-state index contributed by atoms with van der Waals surface area (Å²) in [5, 5.41) is 5.02. The van der Waals surface area contributed by atoms with E-state index in [1.54, 1.807) is 0 Å². The highest BCUT2D eigenvalue weighted by molar-refractivity contribution is 9.10. The van der Waals surface area contributed by atoms with Crippen LogP contribution in [0.4, 0.5) is 4.39 Å². The van der Waals surface area contributed by atoms with E-state index in [1.165, 1.54) is 25.2 Å². The summed E-state index contributed by atoms with van der Waals surface area (Å²) in [4.78, 5) is 22.5. The van der Waals surface area contributed by atoms with Crippen LogP contribution in [0.1, 0.15) is 16.8 Å². The van der Waals surface area contributed by atoms with Crippen molar-refractivity contribution in [2.24, 2.45) is 0 Å². The van der Waals surface area contributed by atoms with Gasteiger partial charge in [0.1, 0.15) is 5.82 Å². The second-order valence-corrected chi connectivity index (χ2v) is 4.16. The Morgan fingerprint density at radius 2 is 2.12 bits per heavy atom. The quantitative estimate of drug-likeness (QED) is 0.884. The van der Waals surface area contributed by atoms with Crippen molar-refractivity contribution in [1.82, 2.24) is 10.6 Å². The lowest BCUT2D eigenvalue weighted by Gasteiger charge is -2.05. The van der Waals surface area contributed by atoms with Gasteiger partial charge in [0.15, 0.2) is 0 Å². The summed E-state index contributed by atoms with van der Waals surface area (Å²) in [6.07, 6.45) is 0.213. The van der Waals surface area contributed by atoms with E-state index in [-0.39, 0.29) is 29.3 Å². The zero-order chi connectivity index (χ0) is 12.8. The van der Waals surface area contributed by atoms with Gasteiger partial charge in [0.05, 0.1) is 4.47 Å². The summed E-state index contributed by atoms with van der Waals surface area (Å²) >= 11 is 3.00. The number of hydrogen-bond acceptors (Lipinski definition) is 2. The summed E-state index contributed by atoms with van der Waals surface area (Å²) in [6, 6.07) is 3.98. The first kappa shape index (κ1) is 13.6. The summed E-state index contributed by atoms with van der Waals surface area (Å²) in [5.41, 5.74) is 0.343. The minimum absolute atomic E-state index is 0.148. The Kier molecular flexibility index (Phi) is 5.09. The number of halogens is 2. The van der Waals surface area contributed by atoms with Crippen molar-refractivity contribution in [3.05, 3.63) is 34.1 Å². The SMILES string of the molecule is CNC(=O)CCNC(=O)c1ccc(F)c(Br)c1. The van der Waals surface area contributed by atoms with Gasteiger partial charge in [0.25, 0.3) is 5.91 Å². The van der Waals surface area contributed by atoms with Gasteiger partial charge in [-0.2, -0.15) is 0 Å². The second-order valence-electron chi connectivity index (χ2n) is 3.31. The first-order chi connectivity index (χ1) is 8.04. The largest absolute Gasteiger partial charge is 0.359 e. The monoisotopic (exact) mass is 302 g/mol. The van der Waals surface area contributed by atoms with Crippen LogP contribution in [-0.2, 0) is 4.79 Å². The van der Waals surface area contributed by atoms with Crippen molar-refractivity contribution >= 4 is 27.7 Å². The number of hydrogen-bond donors (Lipinski definition) is 2. The van der Waals surface area contributed by atoms with Crippen molar-refractivity contribution in [3.63, 3.8) is 0 Å². The molecule has 0 aliphatic carbocycles. The molecular weight excluding hydrogens is 291 g/mol. The predicted octanol–water partition coefficient (Wildman–Crippen LogP) is 1.45. The maximum Gasteiger partial charge on any atom is 0.251 e. The van der Waals surface area contributed by atoms with E-state index in [0.717, 1.165) is 0 Å². The molecule has 0 aromatic heterocycles. The van der Waals surface area contributed by atoms with Gasteiger partial charge in [0, 0.05) is 25.6 Å². The second kappa shape index (κ2) is 6.34. The lowest BCUT2D eigenvalue weighted by atomic mass is 10.2. The zero-order valence-corrected chi connectivity index (χ0v) is 10.8. The number of rotatable bonds is 4. The molecule has 92 valence electrons. The average Bonchev–Trinajstić information content (AvgIpc) is 2.32. The van der Waals surface area contributed by atoms with E-state index >= 15 is 0 Å². The smallest absolute Gasteiger partial charge is 0.251 e. The molecule has 0 unspecified atom stereocenters. The Morgan fingerprint density at radius 1 is 1.41 bits per heavy atom. The highest BCUT2D eigenvalue weighted by Gasteiger charge is 2.08. The van der Waals surface area contributed by atoms with E-state index < -0.39 is 5.82 Å². The molecule has 0 saturated heterocycles. The predicted molar refractivity (Wildman–Crippen MR) is 65.1 cm³/mol. The van der Waals surface area contributed by atoms with Crippen LogP contribution in [0.5, 0.6) is 0 Å². The highest BCUT2D eigenvalue weighted by Crippen LogP contribution is 2.16. The molecule has 0 bridgehead atoms. The van der Waals surface area contributed by atoms with E-state index in [0.29, 0.717) is 5.56 Å². The van der Waals surface area contributed by atoms with E-state index in [9.17, 15) is 14.0 Å². The average molecular weight is 303 g/mol. The van der Waals surface area contributed by atoms with E-state index in [2.05, 4.69) is 26.6 Å². The molecule has 1 aromatic rings. The molecule has 0 radical (unpaired) electrons. The molecule has 0 saturated carbocycles. The van der Waals surface area contributed by atoms with Crippen LogP contribution in [0.2, 0.25) is 0 Å². The van der Waals surface area contributed by atoms with Crippen LogP contribution < -0.4 is 10.6 Å². The summed E-state index contributed by atoms with van der Waals surface area (Å²) < 4.78 is 13.2. The highest BCUT2D eigenvalue weighted by atomic mass is 79.9. The fraction of sp³-hybridized carbons (Fsp3) is 0.273. The van der Waals surface area contributed by atoms with Gasteiger partial charge in [-0.05, 0) is 34.1 Å². The van der Waals surface area contributed by atoms with Crippen molar-refractivity contribution in [2.75, 3.05) is 13.6 Å². The molecule has 2 N–H and O–H groups in total. The Bertz CT molecular complexity index is 437. The molecular formula is C11H12BrFN2O2. The fourth-order valence-electron chi connectivity index (χ4n) is 1.15. The molecule has 0 aliphatic rings. The van der Waals surface area contributed by atoms with E-state index in [1.807, 2.05) is 0 Å². The summed E-state index contributed by atoms with van der Waals surface area (Å²) in [6.45, 7) is 0.244. The van der Waals surface area contributed by atoms with Crippen molar-refractivity contribution in [2.45, 2.75) is 6.42 Å². The first-order valence-corrected chi connectivity index (χ1v) is 5.77. The maximum atomic E-state index is 12.9. The number of carbonyl (C=O) groups excluding carboxylic acids is 2. The maximum absolute atomic E-state index is 12.9. The third-order valence-electron chi connectivity index (χ3n) is 2.10. The molecule has 1 rings (SSSR count). The fourth-order valence-corrected chi connectivity index (χ4v) is 1.53. The van der Waals surface area contributed by atoms with Crippen molar-refractivity contribution in [3.8, 4) is 0 Å². The van der Waals surface area contributed by atoms with Gasteiger partial charge >= 0.3 is 0 Å². The molecule has 17 heavy (non-hydrogen) atoms. The van der Waals surface area contributed by atoms with Gasteiger partial charge in [-0.1, -0.05) is 0 Å². The Labute approximate surface area is 107 Å². The summed E-state index contributed by atoms with van der Waals surface area (Å²) in [7, 11) is 1.53. The van der Waals surface area contributed by atoms with Crippen LogP contribution in [0, 0.1) is 5.82 Å². The topological polar surface area (TPSA) is 58.2 Å². The number of nitrogens with one attached hydrogen (secondary N) is 2. The third kappa shape index (κ3) is 4.14. The van der Waals surface area contributed by atoms with Crippen LogP contribution in [-0.4, -0.2) is 25.4 Å². The third-order valence-corrected chi connectivity index (χ3v) is 2.71. The Balaban J connectivity index is 2.52. The van der Waals surface area contributed by atoms with Gasteiger partial charge in [-0.3, -0.25) is 9.59 Å². The standard InChI is InChI=1S/C11H12BrFN2O2/c1-14-10(16)4-5-15-11(17)7-2-3-9(13)8(12)6-7/h2-3,6H,4-5H2,1H3,(H,14,16)(H,15,17). The molecule has 2 amide bonds. The lowest BCUT2D eigenvalue weighted by Crippen LogP contribution is -2.29. The first-order valence-electron chi connectivity index (χ1n) is 4.98. The molecule has 0 spiro atoms. The molecule has 0 atom stereocenters. The van der Waals surface area contributed by atoms with E-state index in [4.69, 9.17) is 0 Å². The minimum atomic E-state index is -0.424.